The molecule has 0 aliphatic heterocycles. The van der Waals surface area contributed by atoms with Gasteiger partial charge in [-0.2, -0.15) is 4.98 Å². The van der Waals surface area contributed by atoms with Crippen LogP contribution in [0.2, 0.25) is 0 Å². The van der Waals surface area contributed by atoms with Gasteiger partial charge < -0.3 is 9.84 Å². The number of thiophene rings is 1. The number of hydrogen-bond acceptors (Lipinski definition) is 5. The second-order valence-corrected chi connectivity index (χ2v) is 7.54. The van der Waals surface area contributed by atoms with E-state index in [0.29, 0.717) is 24.7 Å². The molecule has 5 nitrogen and oxygen atoms in total. The molecule has 0 saturated heterocycles. The number of rotatable bonds is 6. The van der Waals surface area contributed by atoms with E-state index in [1.54, 1.807) is 11.3 Å². The van der Waals surface area contributed by atoms with Crippen molar-refractivity contribution in [1.82, 2.24) is 15.5 Å². The second kappa shape index (κ2) is 6.80. The van der Waals surface area contributed by atoms with Crippen molar-refractivity contribution in [3.8, 4) is 10.7 Å². The lowest BCUT2D eigenvalue weighted by Crippen LogP contribution is -2.23. The van der Waals surface area contributed by atoms with E-state index in [-0.39, 0.29) is 11.8 Å². The number of nitrogens with one attached hydrogen (secondary N) is 1. The monoisotopic (exact) mass is 353 g/mol. The highest BCUT2D eigenvalue weighted by Crippen LogP contribution is 2.30. The van der Waals surface area contributed by atoms with E-state index in [1.165, 1.54) is 11.1 Å². The first-order chi connectivity index (χ1) is 12.2. The highest BCUT2D eigenvalue weighted by Gasteiger charge is 2.29. The molecule has 0 unspecified atom stereocenters. The first kappa shape index (κ1) is 16.0. The van der Waals surface area contributed by atoms with Crippen LogP contribution < -0.4 is 5.32 Å². The van der Waals surface area contributed by atoms with Gasteiger partial charge in [0.05, 0.1) is 17.8 Å². The summed E-state index contributed by atoms with van der Waals surface area (Å²) in [6, 6.07) is 12.2. The molecule has 2 aromatic heterocycles. The molecule has 6 heteroatoms. The quantitative estimate of drug-likeness (QED) is 0.733. The van der Waals surface area contributed by atoms with E-state index < -0.39 is 0 Å². The number of aromatic nitrogens is 2. The average molecular weight is 353 g/mol. The third-order valence-corrected chi connectivity index (χ3v) is 5.42. The molecule has 0 atom stereocenters. The van der Waals surface area contributed by atoms with Gasteiger partial charge in [0.1, 0.15) is 0 Å². The predicted molar refractivity (Wildman–Crippen MR) is 96.2 cm³/mol. The van der Waals surface area contributed by atoms with E-state index in [0.717, 1.165) is 22.6 Å². The molecule has 0 bridgehead atoms. The van der Waals surface area contributed by atoms with Crippen LogP contribution >= 0.6 is 11.3 Å². The van der Waals surface area contributed by atoms with Crippen molar-refractivity contribution >= 4 is 17.2 Å². The van der Waals surface area contributed by atoms with E-state index in [9.17, 15) is 4.79 Å². The number of amides is 1. The summed E-state index contributed by atoms with van der Waals surface area (Å²) < 4.78 is 5.40. The van der Waals surface area contributed by atoms with E-state index >= 15 is 0 Å². The zero-order chi connectivity index (χ0) is 17.2. The lowest BCUT2D eigenvalue weighted by Gasteiger charge is -2.00. The van der Waals surface area contributed by atoms with Crippen LogP contribution in [0.25, 0.3) is 10.7 Å². The van der Waals surface area contributed by atoms with Crippen LogP contribution in [0.4, 0.5) is 0 Å². The van der Waals surface area contributed by atoms with Crippen molar-refractivity contribution < 1.29 is 9.32 Å². The molecule has 1 amide bonds. The first-order valence-electron chi connectivity index (χ1n) is 8.43. The Morgan fingerprint density at radius 1 is 1.28 bits per heavy atom. The molecule has 1 aromatic carbocycles. The Hall–Kier alpha value is -2.47. The van der Waals surface area contributed by atoms with Crippen LogP contribution in [-0.2, 0) is 17.8 Å². The molecule has 25 heavy (non-hydrogen) atoms. The topological polar surface area (TPSA) is 68.0 Å². The highest BCUT2D eigenvalue weighted by atomic mass is 32.1. The number of nitrogens with zero attached hydrogens (tertiary/aromatic N) is 2. The van der Waals surface area contributed by atoms with Crippen LogP contribution in [-0.4, -0.2) is 16.0 Å². The highest BCUT2D eigenvalue weighted by molar-refractivity contribution is 7.15. The Labute approximate surface area is 150 Å². The van der Waals surface area contributed by atoms with E-state index in [1.807, 2.05) is 24.3 Å². The summed E-state index contributed by atoms with van der Waals surface area (Å²) in [6.45, 7) is 2.64. The largest absolute Gasteiger partial charge is 0.351 e. The van der Waals surface area contributed by atoms with Gasteiger partial charge in [0.2, 0.25) is 17.6 Å². The normalized spacial score (nSPS) is 13.8. The standard InChI is InChI=1S/C19H19N3O2S/c1-12-4-2-3-5-14(12)10-17-21-18(22-24-17)16-9-8-15(25-16)11-20-19(23)13-6-7-13/h2-5,8-9,13H,6-7,10-11H2,1H3,(H,20,23). The number of carbonyl (C=O) groups excluding carboxylic acids is 1. The lowest BCUT2D eigenvalue weighted by atomic mass is 10.1. The fourth-order valence-corrected chi connectivity index (χ4v) is 3.53. The van der Waals surface area contributed by atoms with E-state index in [2.05, 4.69) is 34.5 Å². The van der Waals surface area contributed by atoms with E-state index in [4.69, 9.17) is 4.52 Å². The molecule has 4 rings (SSSR count). The van der Waals surface area contributed by atoms with Crippen molar-refractivity contribution in [1.29, 1.82) is 0 Å². The SMILES string of the molecule is Cc1ccccc1Cc1nc(-c2ccc(CNC(=O)C3CC3)s2)no1. The lowest BCUT2D eigenvalue weighted by molar-refractivity contribution is -0.122. The molecular formula is C19H19N3O2S. The van der Waals surface area contributed by atoms with Crippen molar-refractivity contribution in [2.24, 2.45) is 5.92 Å². The molecular weight excluding hydrogens is 334 g/mol. The summed E-state index contributed by atoms with van der Waals surface area (Å²) in [5.74, 6) is 1.62. The minimum atomic E-state index is 0.162. The van der Waals surface area contributed by atoms with Gasteiger partial charge in [0.15, 0.2) is 0 Å². The summed E-state index contributed by atoms with van der Waals surface area (Å²) in [6.07, 6.45) is 2.68. The Balaban J connectivity index is 1.41. The maximum atomic E-state index is 11.7. The predicted octanol–water partition coefficient (Wildman–Crippen LogP) is 3.72. The third kappa shape index (κ3) is 3.79. The van der Waals surface area contributed by atoms with Gasteiger partial charge in [-0.3, -0.25) is 4.79 Å². The minimum Gasteiger partial charge on any atom is -0.351 e. The van der Waals surface area contributed by atoms with Crippen LogP contribution in [0.3, 0.4) is 0 Å². The molecule has 3 aromatic rings. The summed E-state index contributed by atoms with van der Waals surface area (Å²) in [7, 11) is 0. The Morgan fingerprint density at radius 2 is 2.12 bits per heavy atom. The average Bonchev–Trinajstić information content (AvgIpc) is 3.18. The van der Waals surface area contributed by atoms with Crippen LogP contribution in [0.15, 0.2) is 40.9 Å². The Kier molecular flexibility index (Phi) is 4.36. The molecule has 1 saturated carbocycles. The number of carbonyl (C=O) groups is 1. The number of benzene rings is 1. The zero-order valence-corrected chi connectivity index (χ0v) is 14.8. The second-order valence-electron chi connectivity index (χ2n) is 6.37. The number of aryl methyl sites for hydroxylation is 1. The summed E-state index contributed by atoms with van der Waals surface area (Å²) in [5, 5.41) is 7.07. The van der Waals surface area contributed by atoms with Gasteiger partial charge in [-0.25, -0.2) is 0 Å². The minimum absolute atomic E-state index is 0.162. The van der Waals surface area contributed by atoms with Gasteiger partial charge >= 0.3 is 0 Å². The van der Waals surface area contributed by atoms with Crippen LogP contribution in [0, 0.1) is 12.8 Å². The molecule has 1 fully saturated rings. The zero-order valence-electron chi connectivity index (χ0n) is 14.0. The van der Waals surface area contributed by atoms with Gasteiger partial charge in [-0.1, -0.05) is 29.4 Å². The van der Waals surface area contributed by atoms with Crippen molar-refractivity contribution in [2.75, 3.05) is 0 Å². The van der Waals surface area contributed by atoms with Crippen molar-refractivity contribution in [3.63, 3.8) is 0 Å². The summed E-state index contributed by atoms with van der Waals surface area (Å²) in [4.78, 5) is 18.3. The van der Waals surface area contributed by atoms with Gasteiger partial charge in [0.25, 0.3) is 0 Å². The fraction of sp³-hybridized carbons (Fsp3) is 0.316. The Morgan fingerprint density at radius 3 is 2.92 bits per heavy atom. The van der Waals surface area contributed by atoms with Crippen LogP contribution in [0.5, 0.6) is 0 Å². The van der Waals surface area contributed by atoms with Crippen molar-refractivity contribution in [3.05, 3.63) is 58.3 Å². The molecule has 0 radical (unpaired) electrons. The molecule has 0 spiro atoms. The van der Waals surface area contributed by atoms with Gasteiger partial charge in [-0.15, -0.1) is 11.3 Å². The van der Waals surface area contributed by atoms with Crippen molar-refractivity contribution in [2.45, 2.75) is 32.7 Å². The Bertz CT molecular complexity index is 895. The summed E-state index contributed by atoms with van der Waals surface area (Å²) >= 11 is 1.58. The molecule has 1 N–H and O–H groups in total. The smallest absolute Gasteiger partial charge is 0.231 e. The molecule has 1 aliphatic rings. The molecule has 128 valence electrons. The first-order valence-corrected chi connectivity index (χ1v) is 9.24. The van der Waals surface area contributed by atoms with Crippen LogP contribution in [0.1, 0.15) is 34.7 Å². The third-order valence-electron chi connectivity index (χ3n) is 4.34. The van der Waals surface area contributed by atoms with Gasteiger partial charge in [0, 0.05) is 10.8 Å². The maximum absolute atomic E-state index is 11.7. The van der Waals surface area contributed by atoms with Gasteiger partial charge in [-0.05, 0) is 43.0 Å². The molecule has 2 heterocycles. The number of hydrogen-bond donors (Lipinski definition) is 1. The maximum Gasteiger partial charge on any atom is 0.231 e. The fourth-order valence-electron chi connectivity index (χ4n) is 2.66. The summed E-state index contributed by atoms with van der Waals surface area (Å²) in [5.41, 5.74) is 2.40. The molecule has 1 aliphatic carbocycles.